The van der Waals surface area contributed by atoms with Crippen LogP contribution in [-0.2, 0) is 24.1 Å². The van der Waals surface area contributed by atoms with E-state index in [0.717, 1.165) is 10.8 Å². The van der Waals surface area contributed by atoms with Crippen molar-refractivity contribution in [3.8, 4) is 0 Å². The van der Waals surface area contributed by atoms with Gasteiger partial charge < -0.3 is 4.57 Å². The molecule has 0 amide bonds. The van der Waals surface area contributed by atoms with E-state index >= 15 is 0 Å². The first-order chi connectivity index (χ1) is 11.5. The van der Waals surface area contributed by atoms with Gasteiger partial charge in [-0.2, -0.15) is 0 Å². The summed E-state index contributed by atoms with van der Waals surface area (Å²) in [6.45, 7) is 0. The second-order valence-corrected chi connectivity index (χ2v) is 7.65. The van der Waals surface area contributed by atoms with Gasteiger partial charge in [0.05, 0.1) is 5.92 Å². The van der Waals surface area contributed by atoms with Gasteiger partial charge in [-0.3, -0.25) is 14.1 Å². The summed E-state index contributed by atoms with van der Waals surface area (Å²) in [5.74, 6) is -3.55. The van der Waals surface area contributed by atoms with Gasteiger partial charge in [0, 0.05) is 32.4 Å². The third-order valence-corrected chi connectivity index (χ3v) is 5.46. The van der Waals surface area contributed by atoms with Crippen LogP contribution in [0.5, 0.6) is 0 Å². The van der Waals surface area contributed by atoms with E-state index in [2.05, 4.69) is 4.72 Å². The molecule has 1 aromatic carbocycles. The molecule has 2 aromatic rings. The van der Waals surface area contributed by atoms with Crippen LogP contribution >= 0.6 is 0 Å². The lowest BCUT2D eigenvalue weighted by Gasteiger charge is -2.10. The highest BCUT2D eigenvalue weighted by Crippen LogP contribution is 2.55. The highest BCUT2D eigenvalue weighted by Gasteiger charge is 2.57. The first-order valence-electron chi connectivity index (χ1n) is 7.30. The summed E-state index contributed by atoms with van der Waals surface area (Å²) in [5.41, 5.74) is -1.06. The minimum absolute atomic E-state index is 0.128. The summed E-state index contributed by atoms with van der Waals surface area (Å²) >= 11 is 0. The van der Waals surface area contributed by atoms with Crippen LogP contribution in [0.2, 0.25) is 0 Å². The molecule has 1 aliphatic carbocycles. The molecular formula is C15H15F2N3O4S. The minimum Gasteiger partial charge on any atom is -0.302 e. The zero-order valence-electron chi connectivity index (χ0n) is 13.4. The van der Waals surface area contributed by atoms with Gasteiger partial charge >= 0.3 is 5.69 Å². The van der Waals surface area contributed by atoms with Gasteiger partial charge in [-0.1, -0.05) is 12.1 Å². The molecule has 1 aliphatic rings. The van der Waals surface area contributed by atoms with Crippen molar-refractivity contribution < 1.29 is 17.2 Å². The van der Waals surface area contributed by atoms with Gasteiger partial charge in [-0.05, 0) is 17.7 Å². The van der Waals surface area contributed by atoms with Crippen LogP contribution in [0.15, 0.2) is 44.9 Å². The van der Waals surface area contributed by atoms with E-state index in [1.165, 1.54) is 38.4 Å². The lowest BCUT2D eigenvalue weighted by Crippen LogP contribution is -2.40. The minimum atomic E-state index is -4.24. The van der Waals surface area contributed by atoms with Gasteiger partial charge in [0.15, 0.2) is 4.90 Å². The quantitative estimate of drug-likeness (QED) is 0.868. The topological polar surface area (TPSA) is 90.2 Å². The van der Waals surface area contributed by atoms with Crippen molar-refractivity contribution in [1.82, 2.24) is 9.13 Å². The van der Waals surface area contributed by atoms with Crippen molar-refractivity contribution in [2.45, 2.75) is 23.2 Å². The van der Waals surface area contributed by atoms with E-state index in [4.69, 9.17) is 0 Å². The Bertz CT molecular complexity index is 1060. The molecule has 3 rings (SSSR count). The monoisotopic (exact) mass is 371 g/mol. The van der Waals surface area contributed by atoms with Gasteiger partial charge in [0.1, 0.15) is 0 Å². The van der Waals surface area contributed by atoms with E-state index in [9.17, 15) is 26.8 Å². The summed E-state index contributed by atoms with van der Waals surface area (Å²) < 4.78 is 54.8. The number of benzene rings is 1. The highest BCUT2D eigenvalue weighted by atomic mass is 32.2. The number of sulfonamides is 1. The fourth-order valence-electron chi connectivity index (χ4n) is 2.53. The van der Waals surface area contributed by atoms with Crippen LogP contribution < -0.4 is 16.0 Å². The number of anilines is 1. The molecule has 1 N–H and O–H groups in total. The third-order valence-electron chi connectivity index (χ3n) is 4.10. The Morgan fingerprint density at radius 3 is 2.24 bits per heavy atom. The smallest absolute Gasteiger partial charge is 0.302 e. The van der Waals surface area contributed by atoms with Crippen molar-refractivity contribution in [2.24, 2.45) is 14.1 Å². The van der Waals surface area contributed by atoms with Gasteiger partial charge in [-0.25, -0.2) is 22.0 Å². The molecule has 1 saturated carbocycles. The number of nitrogens with zero attached hydrogens (tertiary/aromatic N) is 2. The van der Waals surface area contributed by atoms with Crippen LogP contribution in [0.1, 0.15) is 17.9 Å². The number of hydrogen-bond donors (Lipinski definition) is 1. The van der Waals surface area contributed by atoms with Crippen LogP contribution in [0.3, 0.4) is 0 Å². The largest absolute Gasteiger partial charge is 0.330 e. The van der Waals surface area contributed by atoms with E-state index in [1.807, 2.05) is 0 Å². The Kier molecular flexibility index (Phi) is 3.82. The summed E-state index contributed by atoms with van der Waals surface area (Å²) in [6, 6.07) is 5.55. The second kappa shape index (κ2) is 5.51. The molecule has 1 aromatic heterocycles. The molecule has 1 heterocycles. The van der Waals surface area contributed by atoms with Crippen molar-refractivity contribution in [1.29, 1.82) is 0 Å². The van der Waals surface area contributed by atoms with Crippen LogP contribution in [0.4, 0.5) is 14.5 Å². The van der Waals surface area contributed by atoms with Gasteiger partial charge in [-0.15, -0.1) is 0 Å². The molecule has 134 valence electrons. The molecule has 1 unspecified atom stereocenters. The molecule has 10 heteroatoms. The first kappa shape index (κ1) is 17.3. The van der Waals surface area contributed by atoms with Crippen molar-refractivity contribution in [3.05, 3.63) is 56.9 Å². The van der Waals surface area contributed by atoms with Crippen molar-refractivity contribution in [2.75, 3.05) is 4.72 Å². The molecule has 25 heavy (non-hydrogen) atoms. The number of alkyl halides is 2. The summed E-state index contributed by atoms with van der Waals surface area (Å²) in [4.78, 5) is 23.1. The van der Waals surface area contributed by atoms with E-state index in [1.54, 1.807) is 0 Å². The zero-order chi connectivity index (χ0) is 18.6. The van der Waals surface area contributed by atoms with Gasteiger partial charge in [0.2, 0.25) is 0 Å². The maximum Gasteiger partial charge on any atom is 0.330 e. The number of aromatic nitrogens is 2. The molecule has 0 radical (unpaired) electrons. The summed E-state index contributed by atoms with van der Waals surface area (Å²) in [5, 5.41) is 0. The number of aryl methyl sites for hydroxylation is 1. The van der Waals surface area contributed by atoms with Crippen LogP contribution in [-0.4, -0.2) is 23.5 Å². The predicted octanol–water partition coefficient (Wildman–Crippen LogP) is 1.01. The molecular weight excluding hydrogens is 356 g/mol. The van der Waals surface area contributed by atoms with E-state index < -0.39 is 38.0 Å². The lowest BCUT2D eigenvalue weighted by molar-refractivity contribution is 0.112. The maximum absolute atomic E-state index is 13.1. The van der Waals surface area contributed by atoms with Crippen molar-refractivity contribution >= 4 is 15.7 Å². The second-order valence-electron chi connectivity index (χ2n) is 6.00. The Morgan fingerprint density at radius 2 is 1.72 bits per heavy atom. The van der Waals surface area contributed by atoms with Gasteiger partial charge in [0.25, 0.3) is 21.5 Å². The number of rotatable bonds is 4. The fraction of sp³-hybridized carbons (Fsp3) is 0.333. The van der Waals surface area contributed by atoms with Crippen LogP contribution in [0, 0.1) is 0 Å². The number of hydrogen-bond acceptors (Lipinski definition) is 4. The molecule has 7 nitrogen and oxygen atoms in total. The Hall–Kier alpha value is -2.49. The summed E-state index contributed by atoms with van der Waals surface area (Å²) in [6.07, 6.45) is 0.721. The Labute approximate surface area is 141 Å². The molecule has 1 fully saturated rings. The van der Waals surface area contributed by atoms with Crippen LogP contribution in [0.25, 0.3) is 0 Å². The molecule has 0 bridgehead atoms. The Balaban J connectivity index is 1.90. The average Bonchev–Trinajstić information content (AvgIpc) is 3.17. The highest BCUT2D eigenvalue weighted by molar-refractivity contribution is 7.92. The SMILES string of the molecule is Cn1cc(S(=O)(=O)Nc2ccc(C3CC3(F)F)cc2)c(=O)n(C)c1=O. The number of halogens is 2. The lowest BCUT2D eigenvalue weighted by atomic mass is 10.1. The zero-order valence-corrected chi connectivity index (χ0v) is 14.2. The van der Waals surface area contributed by atoms with E-state index in [-0.39, 0.29) is 12.1 Å². The number of nitrogens with one attached hydrogen (secondary N) is 1. The Morgan fingerprint density at radius 1 is 1.16 bits per heavy atom. The molecule has 1 atom stereocenters. The average molecular weight is 371 g/mol. The van der Waals surface area contributed by atoms with E-state index in [0.29, 0.717) is 10.1 Å². The normalized spacial score (nSPS) is 18.8. The van der Waals surface area contributed by atoms with Crippen molar-refractivity contribution in [3.63, 3.8) is 0 Å². The third kappa shape index (κ3) is 3.09. The fourth-order valence-corrected chi connectivity index (χ4v) is 3.75. The molecule has 0 spiro atoms. The standard InChI is InChI=1S/C15H15F2N3O4S/c1-19-8-12(13(21)20(2)14(19)22)25(23,24)18-10-5-3-9(4-6-10)11-7-15(11,16)17/h3-6,8,11,18H,7H2,1-2H3. The molecule has 0 aliphatic heterocycles. The molecule has 0 saturated heterocycles. The maximum atomic E-state index is 13.1. The predicted molar refractivity (Wildman–Crippen MR) is 86.5 cm³/mol. The first-order valence-corrected chi connectivity index (χ1v) is 8.78. The summed E-state index contributed by atoms with van der Waals surface area (Å²) in [7, 11) is -1.74.